The molecule has 0 aromatic heterocycles. The van der Waals surface area contributed by atoms with Gasteiger partial charge in [-0.2, -0.15) is 0 Å². The summed E-state index contributed by atoms with van der Waals surface area (Å²) in [4.78, 5) is 0. The normalized spacial score (nSPS) is 10.6. The van der Waals surface area contributed by atoms with E-state index in [4.69, 9.17) is 21.1 Å². The largest absolute Gasteiger partial charge is 0.492 e. The Morgan fingerprint density at radius 2 is 2.06 bits per heavy atom. The van der Waals surface area contributed by atoms with Gasteiger partial charge in [0.05, 0.1) is 31.3 Å². The van der Waals surface area contributed by atoms with Gasteiger partial charge in [-0.1, -0.05) is 27.5 Å². The molecule has 0 amide bonds. The van der Waals surface area contributed by atoms with E-state index in [0.717, 1.165) is 42.8 Å². The van der Waals surface area contributed by atoms with Gasteiger partial charge >= 0.3 is 0 Å². The Morgan fingerprint density at radius 1 is 1.22 bits per heavy atom. The zero-order valence-electron chi connectivity index (χ0n) is 10.6. The average molecular weight is 338 g/mol. The lowest BCUT2D eigenvalue weighted by molar-refractivity contribution is -0.656. The fraction of sp³-hybridized carbons (Fsp3) is 0.538. The number of hydrogen-bond acceptors (Lipinski definition) is 2. The lowest BCUT2D eigenvalue weighted by atomic mass is 10.3. The third-order valence-electron chi connectivity index (χ3n) is 2.48. The molecular weight excluding hydrogens is 318 g/mol. The van der Waals surface area contributed by atoms with Crippen molar-refractivity contribution >= 4 is 27.5 Å². The molecule has 2 N–H and O–H groups in total. The van der Waals surface area contributed by atoms with Crippen molar-refractivity contribution in [1.29, 1.82) is 0 Å². The lowest BCUT2D eigenvalue weighted by Crippen LogP contribution is -2.85. The second kappa shape index (κ2) is 9.62. The fourth-order valence-electron chi connectivity index (χ4n) is 1.51. The van der Waals surface area contributed by atoms with Crippen molar-refractivity contribution in [1.82, 2.24) is 0 Å². The smallest absolute Gasteiger partial charge is 0.137 e. The Kier molecular flexibility index (Phi) is 8.42. The molecule has 0 atom stereocenters. The van der Waals surface area contributed by atoms with Crippen LogP contribution in [0.3, 0.4) is 0 Å². The Bertz CT molecular complexity index is 350. The van der Waals surface area contributed by atoms with E-state index in [-0.39, 0.29) is 0 Å². The van der Waals surface area contributed by atoms with Crippen LogP contribution >= 0.6 is 27.5 Å². The highest BCUT2D eigenvalue weighted by Gasteiger charge is 2.01. The van der Waals surface area contributed by atoms with Crippen molar-refractivity contribution in [3.63, 3.8) is 0 Å². The van der Waals surface area contributed by atoms with Gasteiger partial charge in [0.15, 0.2) is 0 Å². The molecular formula is C13H20BrClNO2+. The second-order valence-corrected chi connectivity index (χ2v) is 5.31. The summed E-state index contributed by atoms with van der Waals surface area (Å²) in [6.07, 6.45) is 2.17. The van der Waals surface area contributed by atoms with Gasteiger partial charge in [-0.3, -0.25) is 0 Å². The van der Waals surface area contributed by atoms with E-state index in [2.05, 4.69) is 21.2 Å². The van der Waals surface area contributed by atoms with Gasteiger partial charge in [-0.15, -0.1) is 0 Å². The maximum Gasteiger partial charge on any atom is 0.137 e. The molecule has 0 aliphatic carbocycles. The van der Waals surface area contributed by atoms with E-state index in [1.165, 1.54) is 0 Å². The molecule has 0 radical (unpaired) electrons. The molecule has 5 heteroatoms. The van der Waals surface area contributed by atoms with Crippen LogP contribution in [0.25, 0.3) is 0 Å². The van der Waals surface area contributed by atoms with Crippen LogP contribution in [0.1, 0.15) is 12.8 Å². The summed E-state index contributed by atoms with van der Waals surface area (Å²) < 4.78 is 11.6. The summed E-state index contributed by atoms with van der Waals surface area (Å²) in [6, 6.07) is 5.66. The summed E-state index contributed by atoms with van der Waals surface area (Å²) in [6.45, 7) is 3.65. The molecule has 18 heavy (non-hydrogen) atoms. The Labute approximate surface area is 122 Å². The van der Waals surface area contributed by atoms with E-state index in [1.54, 1.807) is 7.11 Å². The third-order valence-corrected chi connectivity index (χ3v) is 3.27. The summed E-state index contributed by atoms with van der Waals surface area (Å²) >= 11 is 9.42. The SMILES string of the molecule is COCC[NH2+]CCCCOc1ccc(Br)cc1Cl. The van der Waals surface area contributed by atoms with Crippen molar-refractivity contribution < 1.29 is 14.8 Å². The molecule has 0 aliphatic rings. The first-order chi connectivity index (χ1) is 8.74. The monoisotopic (exact) mass is 336 g/mol. The zero-order valence-corrected chi connectivity index (χ0v) is 13.0. The van der Waals surface area contributed by atoms with Gasteiger partial charge in [0.2, 0.25) is 0 Å². The fourth-order valence-corrected chi connectivity index (χ4v) is 2.24. The number of benzene rings is 1. The maximum absolute atomic E-state index is 6.05. The average Bonchev–Trinajstić information content (AvgIpc) is 2.35. The predicted molar refractivity (Wildman–Crippen MR) is 77.4 cm³/mol. The topological polar surface area (TPSA) is 35.1 Å². The number of quaternary nitrogens is 1. The summed E-state index contributed by atoms with van der Waals surface area (Å²) in [5, 5.41) is 2.91. The first-order valence-corrected chi connectivity index (χ1v) is 7.29. The van der Waals surface area contributed by atoms with Gasteiger partial charge < -0.3 is 14.8 Å². The van der Waals surface area contributed by atoms with Crippen LogP contribution < -0.4 is 10.1 Å². The number of hydrogen-bond donors (Lipinski definition) is 1. The molecule has 102 valence electrons. The van der Waals surface area contributed by atoms with E-state index < -0.39 is 0 Å². The molecule has 1 aromatic carbocycles. The van der Waals surface area contributed by atoms with Crippen molar-refractivity contribution in [3.8, 4) is 5.75 Å². The van der Waals surface area contributed by atoms with Crippen molar-refractivity contribution in [3.05, 3.63) is 27.7 Å². The lowest BCUT2D eigenvalue weighted by Gasteiger charge is -2.08. The Balaban J connectivity index is 2.07. The highest BCUT2D eigenvalue weighted by molar-refractivity contribution is 9.10. The van der Waals surface area contributed by atoms with Crippen LogP contribution in [0.15, 0.2) is 22.7 Å². The summed E-state index contributed by atoms with van der Waals surface area (Å²) in [7, 11) is 1.73. The molecule has 0 heterocycles. The van der Waals surface area contributed by atoms with Crippen molar-refractivity contribution in [2.75, 3.05) is 33.4 Å². The molecule has 1 aromatic rings. The highest BCUT2D eigenvalue weighted by atomic mass is 79.9. The van der Waals surface area contributed by atoms with Crippen LogP contribution in [-0.4, -0.2) is 33.4 Å². The van der Waals surface area contributed by atoms with E-state index >= 15 is 0 Å². The minimum atomic E-state index is 0.649. The first-order valence-electron chi connectivity index (χ1n) is 6.12. The standard InChI is InChI=1S/C13H19BrClNO2/c1-17-9-7-16-6-2-3-8-18-13-5-4-11(14)10-12(13)15/h4-5,10,16H,2-3,6-9H2,1H3/p+1. The number of rotatable bonds is 9. The number of unbranched alkanes of at least 4 members (excludes halogenated alkanes) is 1. The van der Waals surface area contributed by atoms with Crippen LogP contribution in [-0.2, 0) is 4.74 Å². The van der Waals surface area contributed by atoms with E-state index in [0.29, 0.717) is 11.6 Å². The van der Waals surface area contributed by atoms with Crippen LogP contribution in [0.5, 0.6) is 5.75 Å². The number of methoxy groups -OCH3 is 1. The zero-order chi connectivity index (χ0) is 13.2. The summed E-state index contributed by atoms with van der Waals surface area (Å²) in [5.74, 6) is 0.753. The van der Waals surface area contributed by atoms with Gasteiger partial charge in [-0.05, 0) is 31.0 Å². The molecule has 0 saturated heterocycles. The third kappa shape index (κ3) is 6.59. The van der Waals surface area contributed by atoms with Gasteiger partial charge in [0.1, 0.15) is 5.75 Å². The van der Waals surface area contributed by atoms with Gasteiger partial charge in [0.25, 0.3) is 0 Å². The molecule has 1 rings (SSSR count). The number of nitrogens with two attached hydrogens (primary N) is 1. The molecule has 3 nitrogen and oxygen atoms in total. The quantitative estimate of drug-likeness (QED) is 0.703. The van der Waals surface area contributed by atoms with Crippen LogP contribution in [0, 0.1) is 0 Å². The van der Waals surface area contributed by atoms with Crippen LogP contribution in [0.4, 0.5) is 0 Å². The highest BCUT2D eigenvalue weighted by Crippen LogP contribution is 2.27. The van der Waals surface area contributed by atoms with E-state index in [1.807, 2.05) is 18.2 Å². The molecule has 0 spiro atoms. The second-order valence-electron chi connectivity index (χ2n) is 3.99. The van der Waals surface area contributed by atoms with Crippen molar-refractivity contribution in [2.24, 2.45) is 0 Å². The molecule has 0 fully saturated rings. The van der Waals surface area contributed by atoms with Crippen molar-refractivity contribution in [2.45, 2.75) is 12.8 Å². The molecule has 0 aliphatic heterocycles. The van der Waals surface area contributed by atoms with Gasteiger partial charge in [0, 0.05) is 11.6 Å². The number of halogens is 2. The maximum atomic E-state index is 6.05. The minimum absolute atomic E-state index is 0.649. The Morgan fingerprint density at radius 3 is 2.78 bits per heavy atom. The Hall–Kier alpha value is -0.290. The minimum Gasteiger partial charge on any atom is -0.492 e. The summed E-state index contributed by atoms with van der Waals surface area (Å²) in [5.41, 5.74) is 0. The molecule has 0 saturated carbocycles. The van der Waals surface area contributed by atoms with E-state index in [9.17, 15) is 0 Å². The number of ether oxygens (including phenoxy) is 2. The van der Waals surface area contributed by atoms with Gasteiger partial charge in [-0.25, -0.2) is 0 Å². The first kappa shape index (κ1) is 15.8. The van der Waals surface area contributed by atoms with Crippen LogP contribution in [0.2, 0.25) is 5.02 Å². The molecule has 0 unspecified atom stereocenters. The predicted octanol–water partition coefficient (Wildman–Crippen LogP) is 2.47. The molecule has 0 bridgehead atoms.